The normalized spacial score (nSPS) is 21.1. The molecule has 0 unspecified atom stereocenters. The van der Waals surface area contributed by atoms with E-state index in [9.17, 15) is 19.1 Å². The van der Waals surface area contributed by atoms with E-state index >= 15 is 8.78 Å². The first-order chi connectivity index (χ1) is 16.9. The van der Waals surface area contributed by atoms with Crippen LogP contribution >= 0.6 is 11.8 Å². The lowest BCUT2D eigenvalue weighted by molar-refractivity contribution is -0.0198. The number of aromatic hydroxyl groups is 1. The van der Waals surface area contributed by atoms with E-state index < -0.39 is 46.7 Å². The Morgan fingerprint density at radius 2 is 1.86 bits per heavy atom. The second kappa shape index (κ2) is 8.06. The number of thioether (sulfide) groups is 1. The predicted molar refractivity (Wildman–Crippen MR) is 120 cm³/mol. The zero-order chi connectivity index (χ0) is 24.4. The number of carbonyl (C=O) groups excluding carboxylic acids is 1. The summed E-state index contributed by atoms with van der Waals surface area (Å²) in [5.74, 6) is -3.85. The Kier molecular flexibility index (Phi) is 5.08. The highest BCUT2D eigenvalue weighted by atomic mass is 32.2. The van der Waals surface area contributed by atoms with Crippen LogP contribution in [0.2, 0.25) is 0 Å². The van der Waals surface area contributed by atoms with Gasteiger partial charge in [0.1, 0.15) is 12.0 Å². The Labute approximate surface area is 201 Å². The van der Waals surface area contributed by atoms with E-state index in [0.29, 0.717) is 11.1 Å². The van der Waals surface area contributed by atoms with Gasteiger partial charge in [-0.05, 0) is 23.3 Å². The van der Waals surface area contributed by atoms with Gasteiger partial charge in [-0.2, -0.15) is 0 Å². The third kappa shape index (κ3) is 3.18. The zero-order valence-corrected chi connectivity index (χ0v) is 18.9. The van der Waals surface area contributed by atoms with E-state index in [1.165, 1.54) is 34.0 Å². The first-order valence-corrected chi connectivity index (χ1v) is 11.9. The Bertz CT molecular complexity index is 1450. The predicted octanol–water partition coefficient (Wildman–Crippen LogP) is 3.12. The van der Waals surface area contributed by atoms with Crippen LogP contribution in [0.4, 0.5) is 13.2 Å². The maximum absolute atomic E-state index is 15.1. The van der Waals surface area contributed by atoms with Gasteiger partial charge >= 0.3 is 0 Å². The van der Waals surface area contributed by atoms with Gasteiger partial charge in [-0.25, -0.2) is 13.2 Å². The van der Waals surface area contributed by atoms with Gasteiger partial charge in [-0.1, -0.05) is 18.2 Å². The molecule has 11 heteroatoms. The molecule has 0 saturated carbocycles. The lowest BCUT2D eigenvalue weighted by Gasteiger charge is -2.51. The fourth-order valence-corrected chi connectivity index (χ4v) is 6.17. The van der Waals surface area contributed by atoms with Crippen LogP contribution in [0.5, 0.6) is 5.75 Å². The van der Waals surface area contributed by atoms with Crippen molar-refractivity contribution in [1.82, 2.24) is 9.58 Å². The Balaban J connectivity index is 1.69. The van der Waals surface area contributed by atoms with Crippen molar-refractivity contribution in [2.24, 2.45) is 0 Å². The number of hydrogen-bond acceptors (Lipinski definition) is 6. The number of nitrogens with zero attached hydrogens (tertiary/aromatic N) is 3. The van der Waals surface area contributed by atoms with E-state index in [2.05, 4.69) is 0 Å². The van der Waals surface area contributed by atoms with Gasteiger partial charge in [0.25, 0.3) is 5.91 Å². The van der Waals surface area contributed by atoms with Crippen molar-refractivity contribution in [2.45, 2.75) is 22.9 Å². The minimum absolute atomic E-state index is 0.0106. The second-order valence-corrected chi connectivity index (χ2v) is 9.42. The quantitative estimate of drug-likeness (QED) is 0.553. The molecule has 35 heavy (non-hydrogen) atoms. The molecule has 0 spiro atoms. The molecule has 7 nitrogen and oxygen atoms in total. The summed E-state index contributed by atoms with van der Waals surface area (Å²) in [4.78, 5) is 27.3. The van der Waals surface area contributed by atoms with Gasteiger partial charge in [0.05, 0.1) is 19.3 Å². The largest absolute Gasteiger partial charge is 0.502 e. The molecule has 1 aromatic heterocycles. The van der Waals surface area contributed by atoms with Crippen LogP contribution in [-0.4, -0.2) is 46.5 Å². The number of hydrogen-bond donors (Lipinski definition) is 1. The van der Waals surface area contributed by atoms with E-state index in [1.54, 1.807) is 11.1 Å². The number of benzene rings is 2. The topological polar surface area (TPSA) is 75.0 Å². The van der Waals surface area contributed by atoms with Gasteiger partial charge in [0, 0.05) is 35.0 Å². The SMILES string of the molecule is O=C1c2c(O)c(=O)ccn2N([C@H]2c3ccc(F)c(F)c3CSc3c(F)cccc32)[C@@H]2COCCN12. The smallest absolute Gasteiger partial charge is 0.278 e. The molecule has 180 valence electrons. The van der Waals surface area contributed by atoms with Crippen LogP contribution in [0.3, 0.4) is 0 Å². The molecule has 4 heterocycles. The fourth-order valence-electron chi connectivity index (χ4n) is 5.03. The number of aromatic nitrogens is 1. The molecular formula is C24H18F3N3O4S. The summed E-state index contributed by atoms with van der Waals surface area (Å²) in [6, 6.07) is 7.20. The van der Waals surface area contributed by atoms with E-state index in [-0.39, 0.29) is 41.7 Å². The standard InChI is InChI=1S/C24H18F3N3O4S/c25-15-5-4-12-14(19(15)27)11-35-23-13(2-1-3-16(23)26)20(12)30-18-10-34-9-8-28(18)24(33)21-22(32)17(31)6-7-29(21)30/h1-7,18,20,32H,8-11H2/t18-,20+/m1/s1. The molecule has 1 N–H and O–H groups in total. The lowest BCUT2D eigenvalue weighted by atomic mass is 9.93. The van der Waals surface area contributed by atoms with Crippen LogP contribution in [0, 0.1) is 17.5 Å². The van der Waals surface area contributed by atoms with Crippen LogP contribution in [0.1, 0.15) is 33.2 Å². The Morgan fingerprint density at radius 1 is 1.03 bits per heavy atom. The molecule has 6 rings (SSSR count). The number of morpholine rings is 1. The highest BCUT2D eigenvalue weighted by Gasteiger charge is 2.46. The maximum Gasteiger partial charge on any atom is 0.278 e. The van der Waals surface area contributed by atoms with Gasteiger partial charge in [0.15, 0.2) is 23.1 Å². The van der Waals surface area contributed by atoms with Crippen molar-refractivity contribution < 1.29 is 27.8 Å². The van der Waals surface area contributed by atoms with E-state index in [0.717, 1.165) is 23.9 Å². The molecule has 1 fully saturated rings. The number of amides is 1. The summed E-state index contributed by atoms with van der Waals surface area (Å²) in [5, 5.41) is 12.2. The molecular weight excluding hydrogens is 483 g/mol. The molecule has 1 amide bonds. The average Bonchev–Trinajstić information content (AvgIpc) is 3.02. The summed E-state index contributed by atoms with van der Waals surface area (Å²) in [6.07, 6.45) is 0.619. The molecule has 0 bridgehead atoms. The zero-order valence-electron chi connectivity index (χ0n) is 18.1. The number of ether oxygens (including phenoxy) is 1. The maximum atomic E-state index is 15.1. The Hall–Kier alpha value is -3.44. The van der Waals surface area contributed by atoms with Gasteiger partial charge in [-0.15, -0.1) is 11.8 Å². The minimum atomic E-state index is -1.03. The molecule has 3 aromatic rings. The van der Waals surface area contributed by atoms with Crippen LogP contribution in [-0.2, 0) is 10.5 Å². The van der Waals surface area contributed by atoms with Gasteiger partial charge in [-0.3, -0.25) is 19.3 Å². The minimum Gasteiger partial charge on any atom is -0.502 e. The van der Waals surface area contributed by atoms with Crippen molar-refractivity contribution in [3.63, 3.8) is 0 Å². The second-order valence-electron chi connectivity index (χ2n) is 8.43. The fraction of sp³-hybridized carbons (Fsp3) is 0.250. The molecule has 1 saturated heterocycles. The van der Waals surface area contributed by atoms with Crippen LogP contribution in [0.15, 0.2) is 52.3 Å². The molecule has 2 aromatic carbocycles. The highest BCUT2D eigenvalue weighted by molar-refractivity contribution is 7.98. The summed E-state index contributed by atoms with van der Waals surface area (Å²) in [7, 11) is 0. The first kappa shape index (κ1) is 22.1. The van der Waals surface area contributed by atoms with Gasteiger partial charge < -0.3 is 14.7 Å². The summed E-state index contributed by atoms with van der Waals surface area (Å²) in [6.45, 7) is 0.506. The van der Waals surface area contributed by atoms with Crippen molar-refractivity contribution in [3.8, 4) is 5.75 Å². The summed E-state index contributed by atoms with van der Waals surface area (Å²) < 4.78 is 51.3. The van der Waals surface area contributed by atoms with E-state index in [4.69, 9.17) is 4.74 Å². The number of rotatable bonds is 1. The van der Waals surface area contributed by atoms with Gasteiger partial charge in [0.2, 0.25) is 5.43 Å². The molecule has 2 atom stereocenters. The van der Waals surface area contributed by atoms with Crippen molar-refractivity contribution in [2.75, 3.05) is 24.8 Å². The highest BCUT2D eigenvalue weighted by Crippen LogP contribution is 2.46. The number of carbonyl (C=O) groups is 1. The number of fused-ring (bicyclic) bond motifs is 4. The molecule has 0 aliphatic carbocycles. The number of pyridine rings is 1. The Morgan fingerprint density at radius 3 is 2.69 bits per heavy atom. The monoisotopic (exact) mass is 501 g/mol. The van der Waals surface area contributed by atoms with Crippen molar-refractivity contribution in [3.05, 3.63) is 92.7 Å². The van der Waals surface area contributed by atoms with Crippen molar-refractivity contribution >= 4 is 17.7 Å². The third-order valence-corrected chi connectivity index (χ3v) is 7.77. The van der Waals surface area contributed by atoms with Crippen molar-refractivity contribution in [1.29, 1.82) is 0 Å². The molecule has 3 aliphatic rings. The first-order valence-electron chi connectivity index (χ1n) is 10.9. The summed E-state index contributed by atoms with van der Waals surface area (Å²) >= 11 is 1.06. The lowest BCUT2D eigenvalue weighted by Crippen LogP contribution is -2.66. The average molecular weight is 501 g/mol. The third-order valence-electron chi connectivity index (χ3n) is 6.62. The van der Waals surface area contributed by atoms with E-state index in [1.807, 2.05) is 0 Å². The number of halogens is 3. The molecule has 3 aliphatic heterocycles. The van der Waals surface area contributed by atoms with Crippen LogP contribution in [0.25, 0.3) is 0 Å². The molecule has 0 radical (unpaired) electrons. The van der Waals surface area contributed by atoms with Crippen LogP contribution < -0.4 is 10.4 Å². The summed E-state index contributed by atoms with van der Waals surface area (Å²) in [5.41, 5.74) is -0.0570.